The lowest BCUT2D eigenvalue weighted by Crippen LogP contribution is -2.35. The number of carbonyl (C=O) groups is 1. The second kappa shape index (κ2) is 12.3. The first kappa shape index (κ1) is 26.8. The number of hydrogen-bond donors (Lipinski definition) is 2. The SMILES string of the molecule is Cl.O=CNO.O=S(=O)(c1ccc(Oc2ccc(-c3ncccn3)cc2)cc1)N1CCc2ccoc2C1. The van der Waals surface area contributed by atoms with E-state index in [2.05, 4.69) is 9.97 Å². The van der Waals surface area contributed by atoms with Crippen LogP contribution < -0.4 is 10.2 Å². The summed E-state index contributed by atoms with van der Waals surface area (Å²) in [5, 5.41) is 7.26. The average molecular weight is 531 g/mol. The van der Waals surface area contributed by atoms with Gasteiger partial charge in [0.2, 0.25) is 16.4 Å². The number of halogens is 1. The number of hydrogen-bond acceptors (Lipinski definition) is 8. The number of rotatable bonds is 6. The molecule has 0 saturated heterocycles. The molecule has 0 unspecified atom stereocenters. The van der Waals surface area contributed by atoms with E-state index in [0.717, 1.165) is 11.1 Å². The summed E-state index contributed by atoms with van der Waals surface area (Å²) in [4.78, 5) is 17.5. The Morgan fingerprint density at radius 3 is 2.22 bits per heavy atom. The lowest BCUT2D eigenvalue weighted by atomic mass is 10.1. The second-order valence-corrected chi connectivity index (χ2v) is 9.31. The van der Waals surface area contributed by atoms with Gasteiger partial charge in [0.15, 0.2) is 5.82 Å². The van der Waals surface area contributed by atoms with E-state index >= 15 is 0 Å². The predicted molar refractivity (Wildman–Crippen MR) is 132 cm³/mol. The van der Waals surface area contributed by atoms with Gasteiger partial charge in [0.05, 0.1) is 17.7 Å². The molecule has 4 aromatic rings. The van der Waals surface area contributed by atoms with E-state index in [0.29, 0.717) is 36.0 Å². The van der Waals surface area contributed by atoms with Gasteiger partial charge < -0.3 is 9.15 Å². The van der Waals surface area contributed by atoms with E-state index < -0.39 is 10.0 Å². The number of amides is 1. The summed E-state index contributed by atoms with van der Waals surface area (Å²) in [5.41, 5.74) is 3.20. The largest absolute Gasteiger partial charge is 0.468 e. The number of furan rings is 1. The third-order valence-electron chi connectivity index (χ3n) is 5.22. The number of nitrogens with zero attached hydrogens (tertiary/aromatic N) is 3. The average Bonchev–Trinajstić information content (AvgIpc) is 3.38. The minimum absolute atomic E-state index is 0. The van der Waals surface area contributed by atoms with Crippen LogP contribution in [0.2, 0.25) is 0 Å². The summed E-state index contributed by atoms with van der Waals surface area (Å²) in [6.45, 7) is 0.686. The smallest absolute Gasteiger partial charge is 0.243 e. The molecule has 0 radical (unpaired) electrons. The highest BCUT2D eigenvalue weighted by atomic mass is 35.5. The van der Waals surface area contributed by atoms with Crippen molar-refractivity contribution in [3.05, 3.63) is 90.6 Å². The van der Waals surface area contributed by atoms with Gasteiger partial charge in [-0.15, -0.1) is 12.4 Å². The number of benzene rings is 2. The molecule has 3 heterocycles. The Hall–Kier alpha value is -3.77. The minimum atomic E-state index is -3.60. The van der Waals surface area contributed by atoms with E-state index in [9.17, 15) is 8.42 Å². The molecule has 0 atom stereocenters. The van der Waals surface area contributed by atoms with Crippen molar-refractivity contribution in [1.82, 2.24) is 19.8 Å². The van der Waals surface area contributed by atoms with Crippen LogP contribution in [0.1, 0.15) is 11.3 Å². The zero-order chi connectivity index (χ0) is 24.7. The van der Waals surface area contributed by atoms with Crippen LogP contribution in [0.25, 0.3) is 11.4 Å². The van der Waals surface area contributed by atoms with Crippen LogP contribution in [0.15, 0.2) is 88.6 Å². The molecule has 0 fully saturated rings. The van der Waals surface area contributed by atoms with Gasteiger partial charge in [-0.25, -0.2) is 23.9 Å². The number of carbonyl (C=O) groups excluding carboxylic acids is 1. The first-order valence-electron chi connectivity index (χ1n) is 10.6. The lowest BCUT2D eigenvalue weighted by Gasteiger charge is -2.25. The Morgan fingerprint density at radius 1 is 1.00 bits per heavy atom. The van der Waals surface area contributed by atoms with Crippen molar-refractivity contribution < 1.29 is 27.6 Å². The van der Waals surface area contributed by atoms with Crippen molar-refractivity contribution >= 4 is 28.8 Å². The molecule has 5 rings (SSSR count). The summed E-state index contributed by atoms with van der Waals surface area (Å²) < 4.78 is 38.7. The number of aromatic nitrogens is 2. The molecule has 1 amide bonds. The molecule has 10 nitrogen and oxygen atoms in total. The first-order chi connectivity index (χ1) is 17.0. The highest BCUT2D eigenvalue weighted by molar-refractivity contribution is 7.89. The fraction of sp³-hybridized carbons (Fsp3) is 0.125. The quantitative estimate of drug-likeness (QED) is 0.218. The lowest BCUT2D eigenvalue weighted by molar-refractivity contribution is -0.116. The zero-order valence-electron chi connectivity index (χ0n) is 18.9. The van der Waals surface area contributed by atoms with Gasteiger partial charge in [-0.2, -0.15) is 4.31 Å². The standard InChI is InChI=1S/C23H19N3O4S.CH3NO2.ClH/c27-31(28,26-14-10-17-11-15-29-22(17)16-26)21-8-6-20(7-9-21)30-19-4-2-18(3-5-19)23-24-12-1-13-25-23;3-1-2-4;/h1-9,11-13,15H,10,14,16H2;1,4H,(H,2,3);1H. The summed E-state index contributed by atoms with van der Waals surface area (Å²) in [6, 6.07) is 17.5. The van der Waals surface area contributed by atoms with E-state index in [4.69, 9.17) is 19.2 Å². The van der Waals surface area contributed by atoms with Crippen molar-refractivity contribution in [2.45, 2.75) is 17.9 Å². The topological polar surface area (TPSA) is 135 Å². The van der Waals surface area contributed by atoms with Gasteiger partial charge >= 0.3 is 0 Å². The van der Waals surface area contributed by atoms with E-state index in [-0.39, 0.29) is 30.3 Å². The fourth-order valence-corrected chi connectivity index (χ4v) is 4.90. The van der Waals surface area contributed by atoms with Crippen LogP contribution in [0.5, 0.6) is 11.5 Å². The predicted octanol–water partition coefficient (Wildman–Crippen LogP) is 3.82. The maximum Gasteiger partial charge on any atom is 0.243 e. The van der Waals surface area contributed by atoms with Crippen LogP contribution in [0, 0.1) is 0 Å². The molecule has 1 aliphatic heterocycles. The monoisotopic (exact) mass is 530 g/mol. The van der Waals surface area contributed by atoms with Gasteiger partial charge in [-0.3, -0.25) is 10.0 Å². The fourth-order valence-electron chi connectivity index (χ4n) is 3.50. The first-order valence-corrected chi connectivity index (χ1v) is 12.0. The van der Waals surface area contributed by atoms with E-state index in [1.807, 2.05) is 30.3 Å². The highest BCUT2D eigenvalue weighted by Crippen LogP contribution is 2.28. The molecule has 36 heavy (non-hydrogen) atoms. The highest BCUT2D eigenvalue weighted by Gasteiger charge is 2.29. The molecule has 2 N–H and O–H groups in total. The number of ether oxygens (including phenoxy) is 1. The van der Waals surface area contributed by atoms with Crippen molar-refractivity contribution in [3.8, 4) is 22.9 Å². The van der Waals surface area contributed by atoms with Gasteiger partial charge in [-0.1, -0.05) is 0 Å². The molecule has 2 aromatic heterocycles. The molecule has 1 aliphatic rings. The van der Waals surface area contributed by atoms with Crippen LogP contribution in [0.4, 0.5) is 0 Å². The number of hydroxylamine groups is 1. The van der Waals surface area contributed by atoms with Crippen molar-refractivity contribution in [3.63, 3.8) is 0 Å². The van der Waals surface area contributed by atoms with Gasteiger partial charge in [-0.05, 0) is 72.6 Å². The molecule has 0 aliphatic carbocycles. The Labute approximate surface area is 214 Å². The normalized spacial score (nSPS) is 12.8. The molecule has 12 heteroatoms. The second-order valence-electron chi connectivity index (χ2n) is 7.37. The van der Waals surface area contributed by atoms with Gasteiger partial charge in [0, 0.05) is 24.5 Å². The maximum absolute atomic E-state index is 13.0. The molecule has 0 spiro atoms. The Morgan fingerprint density at radius 2 is 1.61 bits per heavy atom. The molecule has 2 aromatic carbocycles. The van der Waals surface area contributed by atoms with Crippen LogP contribution >= 0.6 is 12.4 Å². The minimum Gasteiger partial charge on any atom is -0.468 e. The van der Waals surface area contributed by atoms with Crippen molar-refractivity contribution in [2.24, 2.45) is 0 Å². The number of nitrogens with one attached hydrogen (secondary N) is 1. The van der Waals surface area contributed by atoms with Gasteiger partial charge in [0.1, 0.15) is 17.3 Å². The maximum atomic E-state index is 13.0. The van der Waals surface area contributed by atoms with Crippen molar-refractivity contribution in [1.29, 1.82) is 0 Å². The third-order valence-corrected chi connectivity index (χ3v) is 7.08. The van der Waals surface area contributed by atoms with Gasteiger partial charge in [0.25, 0.3) is 0 Å². The summed E-state index contributed by atoms with van der Waals surface area (Å²) in [7, 11) is -3.60. The molecular weight excluding hydrogens is 508 g/mol. The third kappa shape index (κ3) is 6.26. The van der Waals surface area contributed by atoms with Crippen LogP contribution in [-0.4, -0.2) is 40.9 Å². The summed E-state index contributed by atoms with van der Waals surface area (Å²) in [5.74, 6) is 2.54. The van der Waals surface area contributed by atoms with Crippen molar-refractivity contribution in [2.75, 3.05) is 6.54 Å². The number of sulfonamides is 1. The molecule has 0 bridgehead atoms. The summed E-state index contributed by atoms with van der Waals surface area (Å²) in [6.07, 6.45) is 5.82. The molecular formula is C24H23ClN4O6S. The number of fused-ring (bicyclic) bond motifs is 1. The van der Waals surface area contributed by atoms with E-state index in [1.165, 1.54) is 9.79 Å². The Bertz CT molecular complexity index is 1360. The summed E-state index contributed by atoms with van der Waals surface area (Å²) >= 11 is 0. The molecule has 0 saturated carbocycles. The molecule has 188 valence electrons. The Kier molecular flexibility index (Phi) is 9.14. The van der Waals surface area contributed by atoms with E-state index in [1.54, 1.807) is 49.0 Å². The zero-order valence-corrected chi connectivity index (χ0v) is 20.5. The van der Waals surface area contributed by atoms with Crippen LogP contribution in [0.3, 0.4) is 0 Å². The Balaban J connectivity index is 0.000000674. The van der Waals surface area contributed by atoms with Crippen LogP contribution in [-0.2, 0) is 27.8 Å².